The van der Waals surface area contributed by atoms with E-state index in [2.05, 4.69) is 49.1 Å². The van der Waals surface area contributed by atoms with Crippen LogP contribution in [0.3, 0.4) is 0 Å². The van der Waals surface area contributed by atoms with Crippen molar-refractivity contribution in [1.29, 1.82) is 0 Å². The van der Waals surface area contributed by atoms with Crippen LogP contribution in [0.15, 0.2) is 35.4 Å². The zero-order valence-corrected chi connectivity index (χ0v) is 27.1. The van der Waals surface area contributed by atoms with Gasteiger partial charge in [0.25, 0.3) is 5.56 Å². The number of amides is 1. The quantitative estimate of drug-likeness (QED) is 0.258. The number of fused-ring (bicyclic) bond motifs is 1. The molecule has 0 spiro atoms. The van der Waals surface area contributed by atoms with Crippen LogP contribution in [0.25, 0.3) is 22.0 Å². The van der Waals surface area contributed by atoms with Crippen LogP contribution in [0.4, 0.5) is 5.82 Å². The molecule has 4 rings (SSSR count). The van der Waals surface area contributed by atoms with Gasteiger partial charge in [0.05, 0.1) is 29.5 Å². The Kier molecular flexibility index (Phi) is 8.65. The Balaban J connectivity index is 1.84. The Morgan fingerprint density at radius 1 is 1.12 bits per heavy atom. The highest BCUT2D eigenvalue weighted by Gasteiger charge is 2.41. The van der Waals surface area contributed by atoms with Gasteiger partial charge in [-0.25, -0.2) is 4.98 Å². The van der Waals surface area contributed by atoms with Crippen molar-refractivity contribution in [3.8, 4) is 11.1 Å². The molecule has 1 unspecified atom stereocenters. The number of hydrogen-bond acceptors (Lipinski definition) is 6. The zero-order chi connectivity index (χ0) is 30.3. The Bertz CT molecular complexity index is 1500. The number of aliphatic hydroxyl groups is 1. The second-order valence-corrected chi connectivity index (χ2v) is 18.4. The number of carbonyl (C=O) groups is 1. The summed E-state index contributed by atoms with van der Waals surface area (Å²) in [6, 6.07) is 5.50. The Hall–Kier alpha value is -2.88. The van der Waals surface area contributed by atoms with E-state index in [-0.39, 0.29) is 22.4 Å². The van der Waals surface area contributed by atoms with Crippen LogP contribution in [0.5, 0.6) is 0 Å². The van der Waals surface area contributed by atoms with Crippen molar-refractivity contribution in [2.45, 2.75) is 111 Å². The molecule has 1 aliphatic carbocycles. The monoisotopic (exact) mass is 578 g/mol. The number of aliphatic hydroxyl groups excluding tert-OH is 1. The summed E-state index contributed by atoms with van der Waals surface area (Å²) in [4.78, 5) is 35.8. The molecular weight excluding hydrogens is 532 g/mol. The largest absolute Gasteiger partial charge is 0.410 e. The van der Waals surface area contributed by atoms with Crippen LogP contribution in [0, 0.1) is 12.8 Å². The lowest BCUT2D eigenvalue weighted by atomic mass is 10.00. The molecule has 3 aromatic rings. The summed E-state index contributed by atoms with van der Waals surface area (Å²) in [6.07, 6.45) is 6.03. The van der Waals surface area contributed by atoms with Crippen LogP contribution in [-0.4, -0.2) is 39.5 Å². The third-order valence-electron chi connectivity index (χ3n) is 8.38. The lowest BCUT2D eigenvalue weighted by molar-refractivity contribution is -0.117. The lowest BCUT2D eigenvalue weighted by Gasteiger charge is -2.43. The number of rotatable bonds is 10. The van der Waals surface area contributed by atoms with E-state index >= 15 is 0 Å². The molecule has 0 radical (unpaired) electrons. The van der Waals surface area contributed by atoms with Crippen molar-refractivity contribution >= 4 is 30.9 Å². The Morgan fingerprint density at radius 2 is 1.80 bits per heavy atom. The predicted molar refractivity (Wildman–Crippen MR) is 168 cm³/mol. The minimum absolute atomic E-state index is 0.0101. The van der Waals surface area contributed by atoms with Crippen LogP contribution in [0.1, 0.15) is 84.6 Å². The highest BCUT2D eigenvalue weighted by molar-refractivity contribution is 6.74. The first-order chi connectivity index (χ1) is 19.0. The summed E-state index contributed by atoms with van der Waals surface area (Å²) < 4.78 is 8.58. The van der Waals surface area contributed by atoms with Gasteiger partial charge in [-0.15, -0.1) is 0 Å². The van der Waals surface area contributed by atoms with E-state index in [0.29, 0.717) is 41.1 Å². The summed E-state index contributed by atoms with van der Waals surface area (Å²) in [6.45, 7) is 19.4. The van der Waals surface area contributed by atoms with Crippen LogP contribution in [-0.2, 0) is 15.8 Å². The van der Waals surface area contributed by atoms with Crippen LogP contribution in [0.2, 0.25) is 18.1 Å². The third-order valence-corrected chi connectivity index (χ3v) is 13.1. The van der Waals surface area contributed by atoms with Gasteiger partial charge in [-0.1, -0.05) is 34.1 Å². The minimum atomic E-state index is -2.15. The normalized spacial score (nSPS) is 15.3. The predicted octanol–water partition coefficient (Wildman–Crippen LogP) is 6.75. The van der Waals surface area contributed by atoms with E-state index in [0.717, 1.165) is 30.2 Å². The maximum absolute atomic E-state index is 14.3. The van der Waals surface area contributed by atoms with E-state index in [1.54, 1.807) is 23.0 Å². The maximum atomic E-state index is 14.3. The standard InChI is InChI=1S/C32H46N4O4Si/c1-10-11-27(37)25-14-20(2)24(18-33-25)23-15-22-17-34-28(35-29(38)21-12-13-21)16-26(22)36(30(23)39)19-32(6,7)40-41(8,9)31(3,4)5/h14-18,21,27,37H,10-13,19H2,1-9H3,(H,34,35,38). The van der Waals surface area contributed by atoms with Gasteiger partial charge in [-0.3, -0.25) is 14.6 Å². The Labute approximate surface area is 244 Å². The third kappa shape index (κ3) is 6.96. The van der Waals surface area contributed by atoms with Crippen molar-refractivity contribution < 1.29 is 14.3 Å². The number of nitrogens with one attached hydrogen (secondary N) is 1. The van der Waals surface area contributed by atoms with Crippen molar-refractivity contribution in [2.75, 3.05) is 5.32 Å². The van der Waals surface area contributed by atoms with Crippen molar-refractivity contribution in [3.05, 3.63) is 52.2 Å². The molecule has 1 atom stereocenters. The molecule has 1 saturated carbocycles. The molecule has 0 saturated heterocycles. The highest BCUT2D eigenvalue weighted by Crippen LogP contribution is 2.39. The van der Waals surface area contributed by atoms with Gasteiger partial charge in [-0.05, 0) is 75.9 Å². The fourth-order valence-corrected chi connectivity index (χ4v) is 6.74. The van der Waals surface area contributed by atoms with E-state index in [1.165, 1.54) is 0 Å². The molecule has 0 aliphatic heterocycles. The van der Waals surface area contributed by atoms with E-state index in [1.807, 2.05) is 39.8 Å². The van der Waals surface area contributed by atoms with E-state index in [4.69, 9.17) is 4.43 Å². The van der Waals surface area contributed by atoms with Gasteiger partial charge >= 0.3 is 0 Å². The first-order valence-electron chi connectivity index (χ1n) is 14.7. The fourth-order valence-electron chi connectivity index (χ4n) is 4.98. The van der Waals surface area contributed by atoms with Gasteiger partial charge in [0.2, 0.25) is 5.91 Å². The first-order valence-corrected chi connectivity index (χ1v) is 17.6. The minimum Gasteiger partial charge on any atom is -0.410 e. The SMILES string of the molecule is CCCC(O)c1cc(C)c(-c2cc3cnc(NC(=O)C4CC4)cc3n(CC(C)(C)O[Si](C)(C)C(C)(C)C)c2=O)cn1. The molecule has 1 fully saturated rings. The van der Waals surface area contributed by atoms with Gasteiger partial charge < -0.3 is 19.4 Å². The number of carbonyl (C=O) groups excluding carboxylic acids is 1. The van der Waals surface area contributed by atoms with Crippen molar-refractivity contribution in [1.82, 2.24) is 14.5 Å². The smallest absolute Gasteiger partial charge is 0.259 e. The summed E-state index contributed by atoms with van der Waals surface area (Å²) >= 11 is 0. The van der Waals surface area contributed by atoms with Crippen molar-refractivity contribution in [3.63, 3.8) is 0 Å². The summed E-state index contributed by atoms with van der Waals surface area (Å²) in [5.74, 6) is 0.449. The molecular formula is C32H46N4O4Si. The molecule has 222 valence electrons. The summed E-state index contributed by atoms with van der Waals surface area (Å²) in [7, 11) is -2.15. The summed E-state index contributed by atoms with van der Waals surface area (Å²) in [5, 5.41) is 14.2. The molecule has 2 N–H and O–H groups in total. The number of aryl methyl sites for hydroxylation is 1. The molecule has 0 aromatic carbocycles. The van der Waals surface area contributed by atoms with Gasteiger partial charge in [0, 0.05) is 40.9 Å². The van der Waals surface area contributed by atoms with Crippen LogP contribution >= 0.6 is 0 Å². The second-order valence-electron chi connectivity index (χ2n) is 13.7. The lowest BCUT2D eigenvalue weighted by Crippen LogP contribution is -2.49. The number of anilines is 1. The number of nitrogens with zero attached hydrogens (tertiary/aromatic N) is 3. The van der Waals surface area contributed by atoms with E-state index in [9.17, 15) is 14.7 Å². The molecule has 0 bridgehead atoms. The van der Waals surface area contributed by atoms with Gasteiger partial charge in [0.15, 0.2) is 8.32 Å². The van der Waals surface area contributed by atoms with E-state index < -0.39 is 20.0 Å². The zero-order valence-electron chi connectivity index (χ0n) is 26.1. The number of hydrogen-bond donors (Lipinski definition) is 2. The van der Waals surface area contributed by atoms with Gasteiger partial charge in [-0.2, -0.15) is 0 Å². The van der Waals surface area contributed by atoms with Gasteiger partial charge in [0.1, 0.15) is 5.82 Å². The van der Waals surface area contributed by atoms with Crippen LogP contribution < -0.4 is 10.9 Å². The molecule has 41 heavy (non-hydrogen) atoms. The molecule has 3 heterocycles. The van der Waals surface area contributed by atoms with Crippen molar-refractivity contribution in [2.24, 2.45) is 5.92 Å². The number of aromatic nitrogens is 3. The fraction of sp³-hybridized carbons (Fsp3) is 0.562. The average molecular weight is 579 g/mol. The second kappa shape index (κ2) is 11.4. The molecule has 9 heteroatoms. The molecule has 8 nitrogen and oxygen atoms in total. The average Bonchev–Trinajstić information content (AvgIpc) is 3.70. The molecule has 1 amide bonds. The first kappa shape index (κ1) is 31.1. The summed E-state index contributed by atoms with van der Waals surface area (Å²) in [5.41, 5.74) is 2.59. The maximum Gasteiger partial charge on any atom is 0.259 e. The topological polar surface area (TPSA) is 106 Å². The number of pyridine rings is 3. The molecule has 1 aliphatic rings. The highest BCUT2D eigenvalue weighted by atomic mass is 28.4. The molecule has 3 aromatic heterocycles. The Morgan fingerprint density at radius 3 is 2.39 bits per heavy atom.